The van der Waals surface area contributed by atoms with Gasteiger partial charge in [0.1, 0.15) is 6.29 Å². The highest BCUT2D eigenvalue weighted by Crippen LogP contribution is 2.58. The summed E-state index contributed by atoms with van der Waals surface area (Å²) in [5.74, 6) is 0.612. The number of aldehydes is 1. The molecule has 0 amide bonds. The van der Waals surface area contributed by atoms with Crippen molar-refractivity contribution < 1.29 is 15.0 Å². The SMILES string of the molecule is C[C@]12CC[C@H](CCCCO)C[C@@]1(O)CC[C@@H]2C=O. The molecule has 2 fully saturated rings. The molecule has 2 rings (SSSR count). The summed E-state index contributed by atoms with van der Waals surface area (Å²) < 4.78 is 0. The minimum atomic E-state index is -0.624. The average molecular weight is 254 g/mol. The zero-order valence-electron chi connectivity index (χ0n) is 11.4. The first-order valence-electron chi connectivity index (χ1n) is 7.34. The Hall–Kier alpha value is -0.410. The number of unbranched alkanes of at least 4 members (excludes halogenated alkanes) is 1. The molecular formula is C15H26O3. The van der Waals surface area contributed by atoms with Crippen LogP contribution in [0, 0.1) is 17.3 Å². The Morgan fingerprint density at radius 2 is 2.06 bits per heavy atom. The topological polar surface area (TPSA) is 57.5 Å². The average Bonchev–Trinajstić information content (AvgIpc) is 2.61. The van der Waals surface area contributed by atoms with Gasteiger partial charge >= 0.3 is 0 Å². The molecule has 0 aromatic carbocycles. The minimum absolute atomic E-state index is 0.0425. The molecule has 0 bridgehead atoms. The molecule has 104 valence electrons. The largest absolute Gasteiger partial charge is 0.396 e. The summed E-state index contributed by atoms with van der Waals surface area (Å²) in [6, 6.07) is 0. The molecule has 0 radical (unpaired) electrons. The van der Waals surface area contributed by atoms with Crippen molar-refractivity contribution in [2.75, 3.05) is 6.61 Å². The Morgan fingerprint density at radius 1 is 1.28 bits per heavy atom. The third-order valence-electron chi connectivity index (χ3n) is 5.63. The van der Waals surface area contributed by atoms with Crippen LogP contribution < -0.4 is 0 Å². The second kappa shape index (κ2) is 5.30. The zero-order chi connectivity index (χ0) is 13.2. The molecule has 2 aliphatic rings. The van der Waals surface area contributed by atoms with Gasteiger partial charge in [-0.1, -0.05) is 19.8 Å². The summed E-state index contributed by atoms with van der Waals surface area (Å²) in [5, 5.41) is 19.7. The third kappa shape index (κ3) is 2.23. The molecule has 2 saturated carbocycles. The molecule has 3 nitrogen and oxygen atoms in total. The van der Waals surface area contributed by atoms with Crippen molar-refractivity contribution in [2.24, 2.45) is 17.3 Å². The van der Waals surface area contributed by atoms with Gasteiger partial charge in [0, 0.05) is 17.9 Å². The van der Waals surface area contributed by atoms with Crippen LogP contribution in [0.15, 0.2) is 0 Å². The third-order valence-corrected chi connectivity index (χ3v) is 5.63. The van der Waals surface area contributed by atoms with Gasteiger partial charge in [0.05, 0.1) is 5.60 Å². The summed E-state index contributed by atoms with van der Waals surface area (Å²) >= 11 is 0. The maximum Gasteiger partial charge on any atom is 0.123 e. The zero-order valence-corrected chi connectivity index (χ0v) is 11.4. The molecular weight excluding hydrogens is 228 g/mol. The highest BCUT2D eigenvalue weighted by molar-refractivity contribution is 5.56. The van der Waals surface area contributed by atoms with E-state index in [9.17, 15) is 9.90 Å². The van der Waals surface area contributed by atoms with Crippen molar-refractivity contribution in [3.8, 4) is 0 Å². The van der Waals surface area contributed by atoms with E-state index in [0.29, 0.717) is 5.92 Å². The van der Waals surface area contributed by atoms with Gasteiger partial charge < -0.3 is 15.0 Å². The fourth-order valence-corrected chi connectivity index (χ4v) is 4.19. The highest BCUT2D eigenvalue weighted by atomic mass is 16.3. The highest BCUT2D eigenvalue weighted by Gasteiger charge is 2.58. The van der Waals surface area contributed by atoms with Crippen LogP contribution >= 0.6 is 0 Å². The second-order valence-corrected chi connectivity index (χ2v) is 6.56. The van der Waals surface area contributed by atoms with Gasteiger partial charge in [-0.25, -0.2) is 0 Å². The predicted octanol–water partition coefficient (Wildman–Crippen LogP) is 2.30. The van der Waals surface area contributed by atoms with E-state index >= 15 is 0 Å². The Kier molecular flexibility index (Phi) is 4.12. The Balaban J connectivity index is 1.99. The van der Waals surface area contributed by atoms with Crippen LogP contribution in [0.4, 0.5) is 0 Å². The monoisotopic (exact) mass is 254 g/mol. The van der Waals surface area contributed by atoms with E-state index in [1.807, 2.05) is 0 Å². The lowest BCUT2D eigenvalue weighted by molar-refractivity contribution is -0.132. The lowest BCUT2D eigenvalue weighted by Crippen LogP contribution is -2.50. The molecule has 0 saturated heterocycles. The van der Waals surface area contributed by atoms with Crippen molar-refractivity contribution in [3.05, 3.63) is 0 Å². The van der Waals surface area contributed by atoms with Gasteiger partial charge in [0.15, 0.2) is 0 Å². The van der Waals surface area contributed by atoms with Gasteiger partial charge in [0.2, 0.25) is 0 Å². The fourth-order valence-electron chi connectivity index (χ4n) is 4.19. The van der Waals surface area contributed by atoms with E-state index in [0.717, 1.165) is 57.7 Å². The Morgan fingerprint density at radius 3 is 2.72 bits per heavy atom. The maximum absolute atomic E-state index is 11.2. The van der Waals surface area contributed by atoms with Gasteiger partial charge in [-0.3, -0.25) is 0 Å². The molecule has 0 aliphatic heterocycles. The van der Waals surface area contributed by atoms with E-state index in [2.05, 4.69) is 6.92 Å². The van der Waals surface area contributed by atoms with Crippen LogP contribution in [-0.2, 0) is 4.79 Å². The smallest absolute Gasteiger partial charge is 0.123 e. The van der Waals surface area contributed by atoms with E-state index in [1.165, 1.54) is 0 Å². The molecule has 2 aliphatic carbocycles. The van der Waals surface area contributed by atoms with Crippen molar-refractivity contribution in [2.45, 2.75) is 63.9 Å². The summed E-state index contributed by atoms with van der Waals surface area (Å²) in [6.45, 7) is 2.37. The summed E-state index contributed by atoms with van der Waals surface area (Å²) in [5.41, 5.74) is -0.817. The first-order chi connectivity index (χ1) is 8.55. The van der Waals surface area contributed by atoms with E-state index < -0.39 is 5.60 Å². The van der Waals surface area contributed by atoms with E-state index in [4.69, 9.17) is 5.11 Å². The number of hydrogen-bond acceptors (Lipinski definition) is 3. The molecule has 0 heterocycles. The summed E-state index contributed by atoms with van der Waals surface area (Å²) in [7, 11) is 0. The van der Waals surface area contributed by atoms with Gasteiger partial charge in [-0.2, -0.15) is 0 Å². The number of hydrogen-bond donors (Lipinski definition) is 2. The van der Waals surface area contributed by atoms with Crippen LogP contribution in [0.2, 0.25) is 0 Å². The second-order valence-electron chi connectivity index (χ2n) is 6.56. The van der Waals surface area contributed by atoms with E-state index in [1.54, 1.807) is 0 Å². The normalized spacial score (nSPS) is 43.7. The van der Waals surface area contributed by atoms with Crippen LogP contribution in [0.25, 0.3) is 0 Å². The number of fused-ring (bicyclic) bond motifs is 1. The van der Waals surface area contributed by atoms with Gasteiger partial charge in [-0.15, -0.1) is 0 Å². The standard InChI is InChI=1S/C15H26O3/c1-14-7-5-12(4-2-3-9-16)10-15(14,18)8-6-13(14)11-17/h11-13,16,18H,2-10H2,1H3/t12-,13+,14+,15-/m0/s1. The van der Waals surface area contributed by atoms with Crippen LogP contribution in [-0.4, -0.2) is 28.7 Å². The molecule has 2 N–H and O–H groups in total. The van der Waals surface area contributed by atoms with Crippen molar-refractivity contribution >= 4 is 6.29 Å². The molecule has 4 atom stereocenters. The molecule has 0 spiro atoms. The summed E-state index contributed by atoms with van der Waals surface area (Å²) in [4.78, 5) is 11.2. The van der Waals surface area contributed by atoms with Crippen LogP contribution in [0.1, 0.15) is 58.3 Å². The van der Waals surface area contributed by atoms with Crippen LogP contribution in [0.5, 0.6) is 0 Å². The lowest BCUT2D eigenvalue weighted by Gasteiger charge is -2.48. The summed E-state index contributed by atoms with van der Waals surface area (Å²) in [6.07, 6.45) is 8.64. The molecule has 18 heavy (non-hydrogen) atoms. The van der Waals surface area contributed by atoms with Gasteiger partial charge in [-0.05, 0) is 44.4 Å². The number of aliphatic hydroxyl groups is 2. The number of carbonyl (C=O) groups excluding carboxylic acids is 1. The maximum atomic E-state index is 11.2. The quantitative estimate of drug-likeness (QED) is 0.584. The molecule has 0 aromatic heterocycles. The fraction of sp³-hybridized carbons (Fsp3) is 0.933. The first-order valence-corrected chi connectivity index (χ1v) is 7.34. The molecule has 3 heteroatoms. The lowest BCUT2D eigenvalue weighted by atomic mass is 9.60. The van der Waals surface area contributed by atoms with Crippen LogP contribution in [0.3, 0.4) is 0 Å². The van der Waals surface area contributed by atoms with Crippen molar-refractivity contribution in [3.63, 3.8) is 0 Å². The number of carbonyl (C=O) groups is 1. The number of aliphatic hydroxyl groups excluding tert-OH is 1. The van der Waals surface area contributed by atoms with E-state index in [-0.39, 0.29) is 17.9 Å². The minimum Gasteiger partial charge on any atom is -0.396 e. The first kappa shape index (κ1) is 14.0. The number of rotatable bonds is 5. The van der Waals surface area contributed by atoms with Gasteiger partial charge in [0.25, 0.3) is 0 Å². The van der Waals surface area contributed by atoms with Crippen molar-refractivity contribution in [1.82, 2.24) is 0 Å². The predicted molar refractivity (Wildman–Crippen MR) is 70.1 cm³/mol. The van der Waals surface area contributed by atoms with Crippen molar-refractivity contribution in [1.29, 1.82) is 0 Å². The Labute approximate surface area is 110 Å². The molecule has 0 unspecified atom stereocenters. The Bertz CT molecular complexity index is 304. The molecule has 0 aromatic rings.